The Bertz CT molecular complexity index is 990. The van der Waals surface area contributed by atoms with Crippen molar-refractivity contribution >= 4 is 19.8 Å². The summed E-state index contributed by atoms with van der Waals surface area (Å²) in [7, 11) is 1.50. The summed E-state index contributed by atoms with van der Waals surface area (Å²) >= 11 is 0. The summed E-state index contributed by atoms with van der Waals surface area (Å²) in [6, 6.07) is 0. The van der Waals surface area contributed by atoms with E-state index in [-0.39, 0.29) is 25.6 Å². The average molecular weight is 875 g/mol. The maximum absolute atomic E-state index is 12.8. The van der Waals surface area contributed by atoms with Gasteiger partial charge in [-0.05, 0) is 12.8 Å². The van der Waals surface area contributed by atoms with Gasteiger partial charge in [0.2, 0.25) is 0 Å². The smallest absolute Gasteiger partial charge is 0.462 e. The van der Waals surface area contributed by atoms with E-state index in [0.717, 1.165) is 38.5 Å². The Morgan fingerprint density at radius 2 is 0.750 bits per heavy atom. The number of phosphoric ester groups is 1. The normalized spacial score (nSPS) is 13.4. The molecule has 9 nitrogen and oxygen atoms in total. The number of esters is 2. The zero-order chi connectivity index (χ0) is 44.3. The zero-order valence-electron chi connectivity index (χ0n) is 40.5. The SMILES string of the molecule is CCCCCCCCCCCCCCCCCCCCCC(=O)O[C@H](COC(=O)CCCCCCCCCCCCCCCCCCC)COP(=O)(O)OCC[N+](C)(C)C. The molecule has 0 spiro atoms. The highest BCUT2D eigenvalue weighted by Crippen LogP contribution is 2.43. The van der Waals surface area contributed by atoms with Crippen molar-refractivity contribution in [1.29, 1.82) is 0 Å². The van der Waals surface area contributed by atoms with E-state index in [2.05, 4.69) is 13.8 Å². The second-order valence-corrected chi connectivity index (χ2v) is 20.4. The van der Waals surface area contributed by atoms with Crippen LogP contribution in [0.5, 0.6) is 0 Å². The predicted molar refractivity (Wildman–Crippen MR) is 252 cm³/mol. The molecule has 0 rings (SSSR count). The van der Waals surface area contributed by atoms with Crippen molar-refractivity contribution in [3.05, 3.63) is 0 Å². The standard InChI is InChI=1S/C50H100NO8P/c1-6-8-10-12-14-16-18-20-22-24-25-27-29-31-33-35-37-39-41-43-50(53)59-48(47-58-60(54,55)57-45-44-51(3,4)5)46-56-49(52)42-40-38-36-34-32-30-28-26-23-21-19-17-15-13-11-9-7-2/h48H,6-47H2,1-5H3/p+1/t48-/m1/s1. The number of hydrogen-bond donors (Lipinski definition) is 1. The number of rotatable bonds is 48. The Balaban J connectivity index is 4.20. The molecule has 0 heterocycles. The number of hydrogen-bond acceptors (Lipinski definition) is 7. The molecule has 0 bridgehead atoms. The molecule has 0 radical (unpaired) electrons. The molecule has 10 heteroatoms. The van der Waals surface area contributed by atoms with E-state index in [1.807, 2.05) is 21.1 Å². The van der Waals surface area contributed by atoms with E-state index >= 15 is 0 Å². The molecule has 0 aliphatic rings. The van der Waals surface area contributed by atoms with Gasteiger partial charge in [0.1, 0.15) is 19.8 Å². The zero-order valence-corrected chi connectivity index (χ0v) is 41.4. The molecule has 0 aromatic rings. The summed E-state index contributed by atoms with van der Waals surface area (Å²) in [6.45, 7) is 4.49. The number of phosphoric acid groups is 1. The highest BCUT2D eigenvalue weighted by atomic mass is 31.2. The van der Waals surface area contributed by atoms with Crippen LogP contribution in [0.25, 0.3) is 0 Å². The van der Waals surface area contributed by atoms with Crippen LogP contribution < -0.4 is 0 Å². The van der Waals surface area contributed by atoms with E-state index < -0.39 is 26.5 Å². The van der Waals surface area contributed by atoms with E-state index in [9.17, 15) is 19.0 Å². The molecule has 0 aliphatic heterocycles. The molecule has 0 saturated carbocycles. The lowest BCUT2D eigenvalue weighted by atomic mass is 10.0. The molecule has 0 aliphatic carbocycles. The fraction of sp³-hybridized carbons (Fsp3) is 0.960. The van der Waals surface area contributed by atoms with Crippen molar-refractivity contribution in [2.75, 3.05) is 47.5 Å². The first-order chi connectivity index (χ1) is 29.0. The summed E-state index contributed by atoms with van der Waals surface area (Å²) in [5, 5.41) is 0. The second-order valence-electron chi connectivity index (χ2n) is 18.9. The van der Waals surface area contributed by atoms with Crippen LogP contribution >= 0.6 is 7.82 Å². The van der Waals surface area contributed by atoms with Gasteiger partial charge in [0.05, 0.1) is 27.7 Å². The number of likely N-dealkylation sites (N-methyl/N-ethyl adjacent to an activating group) is 1. The van der Waals surface area contributed by atoms with Gasteiger partial charge in [0.15, 0.2) is 6.10 Å². The van der Waals surface area contributed by atoms with Crippen LogP contribution in [-0.4, -0.2) is 74.9 Å². The summed E-state index contributed by atoms with van der Waals surface area (Å²) in [5.41, 5.74) is 0. The highest BCUT2D eigenvalue weighted by Gasteiger charge is 2.27. The van der Waals surface area contributed by atoms with Crippen molar-refractivity contribution in [3.8, 4) is 0 Å². The third-order valence-electron chi connectivity index (χ3n) is 11.6. The van der Waals surface area contributed by atoms with Crippen LogP contribution in [0, 0.1) is 0 Å². The minimum absolute atomic E-state index is 0.0372. The first-order valence-corrected chi connectivity index (χ1v) is 27.3. The van der Waals surface area contributed by atoms with Crippen LogP contribution in [0.2, 0.25) is 0 Å². The van der Waals surface area contributed by atoms with E-state index in [0.29, 0.717) is 17.4 Å². The van der Waals surface area contributed by atoms with Gasteiger partial charge in [0.25, 0.3) is 0 Å². The van der Waals surface area contributed by atoms with Gasteiger partial charge in [-0.2, -0.15) is 0 Å². The first kappa shape index (κ1) is 59.0. The van der Waals surface area contributed by atoms with Crippen LogP contribution in [0.15, 0.2) is 0 Å². The third-order valence-corrected chi connectivity index (χ3v) is 12.6. The Labute approximate surface area is 372 Å². The summed E-state index contributed by atoms with van der Waals surface area (Å²) in [4.78, 5) is 35.5. The fourth-order valence-electron chi connectivity index (χ4n) is 7.61. The van der Waals surface area contributed by atoms with E-state index in [4.69, 9.17) is 18.5 Å². The molecule has 0 amide bonds. The van der Waals surface area contributed by atoms with Crippen molar-refractivity contribution in [2.45, 2.75) is 264 Å². The lowest BCUT2D eigenvalue weighted by Crippen LogP contribution is -2.37. The summed E-state index contributed by atoms with van der Waals surface area (Å²) < 4.78 is 34.5. The number of carbonyl (C=O) groups is 2. The van der Waals surface area contributed by atoms with Crippen molar-refractivity contribution < 1.29 is 42.1 Å². The largest absolute Gasteiger partial charge is 0.472 e. The minimum Gasteiger partial charge on any atom is -0.462 e. The minimum atomic E-state index is -4.37. The third kappa shape index (κ3) is 46.5. The lowest BCUT2D eigenvalue weighted by Gasteiger charge is -2.24. The molecule has 0 aromatic heterocycles. The van der Waals surface area contributed by atoms with Gasteiger partial charge in [-0.1, -0.05) is 232 Å². The van der Waals surface area contributed by atoms with Crippen molar-refractivity contribution in [2.24, 2.45) is 0 Å². The molecular weight excluding hydrogens is 774 g/mol. The molecule has 2 atom stereocenters. The van der Waals surface area contributed by atoms with Crippen molar-refractivity contribution in [3.63, 3.8) is 0 Å². The molecule has 60 heavy (non-hydrogen) atoms. The van der Waals surface area contributed by atoms with Gasteiger partial charge in [-0.3, -0.25) is 18.6 Å². The Hall–Kier alpha value is -0.990. The number of unbranched alkanes of at least 4 members (excludes halogenated alkanes) is 34. The number of carbonyl (C=O) groups excluding carboxylic acids is 2. The van der Waals surface area contributed by atoms with Gasteiger partial charge in [0, 0.05) is 12.8 Å². The maximum atomic E-state index is 12.8. The maximum Gasteiger partial charge on any atom is 0.472 e. The lowest BCUT2D eigenvalue weighted by molar-refractivity contribution is -0.870. The Morgan fingerprint density at radius 1 is 0.450 bits per heavy atom. The van der Waals surface area contributed by atoms with Crippen LogP contribution in [0.3, 0.4) is 0 Å². The topological polar surface area (TPSA) is 108 Å². The second kappa shape index (κ2) is 43.3. The highest BCUT2D eigenvalue weighted by molar-refractivity contribution is 7.47. The fourth-order valence-corrected chi connectivity index (χ4v) is 8.35. The predicted octanol–water partition coefficient (Wildman–Crippen LogP) is 15.1. The van der Waals surface area contributed by atoms with Crippen LogP contribution in [0.1, 0.15) is 258 Å². The van der Waals surface area contributed by atoms with Crippen molar-refractivity contribution in [1.82, 2.24) is 0 Å². The molecule has 358 valence electrons. The van der Waals surface area contributed by atoms with Gasteiger partial charge >= 0.3 is 19.8 Å². The Morgan fingerprint density at radius 3 is 1.07 bits per heavy atom. The monoisotopic (exact) mass is 875 g/mol. The molecule has 0 saturated heterocycles. The average Bonchev–Trinajstić information content (AvgIpc) is 3.20. The van der Waals surface area contributed by atoms with E-state index in [1.165, 1.54) is 193 Å². The van der Waals surface area contributed by atoms with Gasteiger partial charge in [-0.25, -0.2) is 4.57 Å². The van der Waals surface area contributed by atoms with E-state index in [1.54, 1.807) is 0 Å². The quantitative estimate of drug-likeness (QED) is 0.0279. The molecule has 1 N–H and O–H groups in total. The first-order valence-electron chi connectivity index (χ1n) is 25.8. The molecule has 0 fully saturated rings. The molecule has 1 unspecified atom stereocenters. The number of quaternary nitrogens is 1. The van der Waals surface area contributed by atoms with Crippen LogP contribution in [-0.2, 0) is 32.7 Å². The van der Waals surface area contributed by atoms with Gasteiger partial charge < -0.3 is 18.9 Å². The number of ether oxygens (including phenoxy) is 2. The van der Waals surface area contributed by atoms with Gasteiger partial charge in [-0.15, -0.1) is 0 Å². The number of nitrogens with zero attached hydrogens (tertiary/aromatic N) is 1. The molecular formula is C50H101NO8P+. The van der Waals surface area contributed by atoms with Crippen LogP contribution in [0.4, 0.5) is 0 Å². The molecule has 0 aromatic carbocycles. The summed E-state index contributed by atoms with van der Waals surface area (Å²) in [5.74, 6) is -0.777. The summed E-state index contributed by atoms with van der Waals surface area (Å²) in [6.07, 6.45) is 45.8. The Kier molecular flexibility index (Phi) is 42.6.